The van der Waals surface area contributed by atoms with Gasteiger partial charge in [-0.2, -0.15) is 0 Å². The molecule has 2 unspecified atom stereocenters. The number of hydrogen-bond donors (Lipinski definition) is 0. The van der Waals surface area contributed by atoms with E-state index in [1.165, 1.54) is 12.8 Å². The second kappa shape index (κ2) is 6.01. The van der Waals surface area contributed by atoms with Gasteiger partial charge >= 0.3 is 0 Å². The lowest BCUT2D eigenvalue weighted by Gasteiger charge is -2.35. The number of nitrogens with zero attached hydrogens (tertiary/aromatic N) is 1. The molecule has 76 valence electrons. The monoisotopic (exact) mass is 183 g/mol. The van der Waals surface area contributed by atoms with Crippen molar-refractivity contribution < 1.29 is 4.74 Å². The third kappa shape index (κ3) is 4.31. The van der Waals surface area contributed by atoms with Crippen LogP contribution in [0.25, 0.3) is 0 Å². The van der Waals surface area contributed by atoms with Crippen LogP contribution in [0.3, 0.4) is 0 Å². The first-order valence-corrected chi connectivity index (χ1v) is 4.75. The van der Waals surface area contributed by atoms with Crippen molar-refractivity contribution in [3.05, 3.63) is 0 Å². The summed E-state index contributed by atoms with van der Waals surface area (Å²) >= 11 is 0. The van der Waals surface area contributed by atoms with E-state index in [2.05, 4.69) is 45.7 Å². The van der Waals surface area contributed by atoms with Crippen LogP contribution in [0.1, 0.15) is 26.7 Å². The molecule has 0 saturated carbocycles. The van der Waals surface area contributed by atoms with Crippen molar-refractivity contribution in [2.45, 2.75) is 44.9 Å². The van der Waals surface area contributed by atoms with Gasteiger partial charge in [0, 0.05) is 6.04 Å². The second-order valence-electron chi connectivity index (χ2n) is 3.85. The number of hydrogen-bond acceptors (Lipinski definition) is 2. The second-order valence-corrected chi connectivity index (χ2v) is 3.85. The van der Waals surface area contributed by atoms with Crippen molar-refractivity contribution in [2.24, 2.45) is 0 Å². The van der Waals surface area contributed by atoms with E-state index >= 15 is 0 Å². The van der Waals surface area contributed by atoms with Gasteiger partial charge in [0.25, 0.3) is 0 Å². The summed E-state index contributed by atoms with van der Waals surface area (Å²) < 4.78 is 5.64. The van der Waals surface area contributed by atoms with Crippen molar-refractivity contribution in [2.75, 3.05) is 14.1 Å². The van der Waals surface area contributed by atoms with Gasteiger partial charge in [-0.15, -0.1) is 12.8 Å². The van der Waals surface area contributed by atoms with Crippen LogP contribution in [0.15, 0.2) is 0 Å². The Labute approximate surface area is 82.3 Å². The highest BCUT2D eigenvalue weighted by Gasteiger charge is 2.25. The standard InChI is InChI=1S/C9H19NO.C2H2/c1-7-5-9(10(3)4)6-8(2)11-7;1-2/h7-9H,5-6H2,1-4H3;1-2H. The summed E-state index contributed by atoms with van der Waals surface area (Å²) in [6.07, 6.45) is 11.2. The van der Waals surface area contributed by atoms with E-state index in [4.69, 9.17) is 4.74 Å². The summed E-state index contributed by atoms with van der Waals surface area (Å²) in [7, 11) is 4.30. The van der Waals surface area contributed by atoms with E-state index in [9.17, 15) is 0 Å². The van der Waals surface area contributed by atoms with Gasteiger partial charge in [-0.1, -0.05) is 0 Å². The zero-order chi connectivity index (χ0) is 10.4. The molecule has 0 aromatic carbocycles. The largest absolute Gasteiger partial charge is 0.375 e. The van der Waals surface area contributed by atoms with Gasteiger partial charge in [0.05, 0.1) is 12.2 Å². The minimum Gasteiger partial charge on any atom is -0.375 e. The van der Waals surface area contributed by atoms with Crippen LogP contribution in [0.4, 0.5) is 0 Å². The number of ether oxygens (including phenoxy) is 1. The smallest absolute Gasteiger partial charge is 0.0565 e. The number of terminal acetylenes is 1. The zero-order valence-corrected chi connectivity index (χ0v) is 9.16. The summed E-state index contributed by atoms with van der Waals surface area (Å²) in [6.45, 7) is 4.32. The topological polar surface area (TPSA) is 12.5 Å². The van der Waals surface area contributed by atoms with E-state index in [0.717, 1.165) is 0 Å². The molecule has 0 N–H and O–H groups in total. The van der Waals surface area contributed by atoms with Gasteiger partial charge in [-0.05, 0) is 40.8 Å². The highest BCUT2D eigenvalue weighted by molar-refractivity contribution is 4.77. The number of rotatable bonds is 1. The molecular formula is C11H21NO. The van der Waals surface area contributed by atoms with E-state index < -0.39 is 0 Å². The van der Waals surface area contributed by atoms with E-state index in [-0.39, 0.29) is 0 Å². The first kappa shape index (κ1) is 12.5. The van der Waals surface area contributed by atoms with Crippen LogP contribution in [0.2, 0.25) is 0 Å². The maximum Gasteiger partial charge on any atom is 0.0565 e. The molecule has 0 radical (unpaired) electrons. The van der Waals surface area contributed by atoms with Gasteiger partial charge < -0.3 is 9.64 Å². The third-order valence-electron chi connectivity index (χ3n) is 2.40. The Kier molecular flexibility index (Phi) is 5.77. The van der Waals surface area contributed by atoms with E-state index in [1.807, 2.05) is 0 Å². The molecule has 0 aromatic heterocycles. The summed E-state index contributed by atoms with van der Waals surface area (Å²) in [5.74, 6) is 0. The van der Waals surface area contributed by atoms with Crippen LogP contribution >= 0.6 is 0 Å². The SMILES string of the molecule is C#C.CC1CC(N(C)C)CC(C)O1. The Hall–Kier alpha value is -0.520. The first-order chi connectivity index (χ1) is 6.09. The molecule has 0 aliphatic carbocycles. The Balaban J connectivity index is 0.000000671. The van der Waals surface area contributed by atoms with Crippen LogP contribution in [0, 0.1) is 12.8 Å². The van der Waals surface area contributed by atoms with Gasteiger partial charge in [0.15, 0.2) is 0 Å². The lowest BCUT2D eigenvalue weighted by atomic mass is 9.99. The summed E-state index contributed by atoms with van der Waals surface area (Å²) in [5.41, 5.74) is 0. The normalized spacial score (nSPS) is 33.6. The molecular weight excluding hydrogens is 162 g/mol. The fourth-order valence-corrected chi connectivity index (χ4v) is 1.79. The summed E-state index contributed by atoms with van der Waals surface area (Å²) in [6, 6.07) is 0.716. The average molecular weight is 183 g/mol. The molecule has 1 heterocycles. The molecule has 1 aliphatic heterocycles. The van der Waals surface area contributed by atoms with E-state index in [1.54, 1.807) is 0 Å². The molecule has 0 spiro atoms. The summed E-state index contributed by atoms with van der Waals surface area (Å²) in [4.78, 5) is 2.30. The molecule has 2 atom stereocenters. The van der Waals surface area contributed by atoms with Gasteiger partial charge in [-0.3, -0.25) is 0 Å². The van der Waals surface area contributed by atoms with Crippen molar-refractivity contribution in [3.63, 3.8) is 0 Å². The molecule has 1 rings (SSSR count). The molecule has 0 aromatic rings. The quantitative estimate of drug-likeness (QED) is 0.574. The summed E-state index contributed by atoms with van der Waals surface area (Å²) in [5, 5.41) is 0. The maximum absolute atomic E-state index is 5.64. The Bertz CT molecular complexity index is 143. The van der Waals surface area contributed by atoms with Crippen molar-refractivity contribution in [1.29, 1.82) is 0 Å². The van der Waals surface area contributed by atoms with Crippen LogP contribution in [-0.4, -0.2) is 37.2 Å². The molecule has 13 heavy (non-hydrogen) atoms. The predicted molar refractivity (Wildman–Crippen MR) is 56.6 cm³/mol. The molecule has 2 nitrogen and oxygen atoms in total. The van der Waals surface area contributed by atoms with Crippen molar-refractivity contribution in [3.8, 4) is 12.8 Å². The molecule has 2 heteroatoms. The fraction of sp³-hybridized carbons (Fsp3) is 0.818. The van der Waals surface area contributed by atoms with Crippen LogP contribution in [-0.2, 0) is 4.74 Å². The zero-order valence-electron chi connectivity index (χ0n) is 9.16. The Morgan fingerprint density at radius 1 is 1.08 bits per heavy atom. The lowest BCUT2D eigenvalue weighted by molar-refractivity contribution is -0.0578. The first-order valence-electron chi connectivity index (χ1n) is 4.75. The van der Waals surface area contributed by atoms with Gasteiger partial charge in [-0.25, -0.2) is 0 Å². The fourth-order valence-electron chi connectivity index (χ4n) is 1.79. The average Bonchev–Trinajstić information content (AvgIpc) is 2.06. The predicted octanol–water partition coefficient (Wildman–Crippen LogP) is 1.75. The lowest BCUT2D eigenvalue weighted by Crippen LogP contribution is -2.40. The third-order valence-corrected chi connectivity index (χ3v) is 2.40. The highest BCUT2D eigenvalue weighted by atomic mass is 16.5. The molecule has 1 saturated heterocycles. The minimum atomic E-state index is 0.436. The van der Waals surface area contributed by atoms with Crippen LogP contribution < -0.4 is 0 Å². The van der Waals surface area contributed by atoms with Gasteiger partial charge in [0.2, 0.25) is 0 Å². The van der Waals surface area contributed by atoms with Crippen molar-refractivity contribution in [1.82, 2.24) is 4.90 Å². The Morgan fingerprint density at radius 3 is 1.77 bits per heavy atom. The molecule has 1 fully saturated rings. The minimum absolute atomic E-state index is 0.436. The maximum atomic E-state index is 5.64. The molecule has 0 amide bonds. The highest BCUT2D eigenvalue weighted by Crippen LogP contribution is 2.21. The van der Waals surface area contributed by atoms with E-state index in [0.29, 0.717) is 18.2 Å². The Morgan fingerprint density at radius 2 is 1.46 bits per heavy atom. The molecule has 1 aliphatic rings. The molecule has 0 bridgehead atoms. The van der Waals surface area contributed by atoms with Gasteiger partial charge in [0.1, 0.15) is 0 Å². The van der Waals surface area contributed by atoms with Crippen LogP contribution in [0.5, 0.6) is 0 Å². The van der Waals surface area contributed by atoms with Crippen molar-refractivity contribution >= 4 is 0 Å².